The van der Waals surface area contributed by atoms with E-state index in [-0.39, 0.29) is 0 Å². The van der Waals surface area contributed by atoms with Crippen LogP contribution in [-0.2, 0) is 12.8 Å². The predicted octanol–water partition coefficient (Wildman–Crippen LogP) is 2.82. The Balaban J connectivity index is 2.00. The highest BCUT2D eigenvalue weighted by molar-refractivity contribution is 5.56. The van der Waals surface area contributed by atoms with Gasteiger partial charge in [-0.1, -0.05) is 29.8 Å². The minimum Gasteiger partial charge on any atom is -0.330 e. The molecule has 0 amide bonds. The highest BCUT2D eigenvalue weighted by Crippen LogP contribution is 2.27. The second kappa shape index (κ2) is 5.33. The Hall–Kier alpha value is -1.74. The Kier molecular flexibility index (Phi) is 3.53. The van der Waals surface area contributed by atoms with E-state index in [4.69, 9.17) is 15.7 Å². The van der Waals surface area contributed by atoms with Crippen molar-refractivity contribution in [1.82, 2.24) is 9.97 Å². The Morgan fingerprint density at radius 1 is 1.15 bits per heavy atom. The Bertz CT molecular complexity index is 617. The molecule has 1 aliphatic rings. The van der Waals surface area contributed by atoms with Crippen molar-refractivity contribution in [1.29, 1.82) is 0 Å². The van der Waals surface area contributed by atoms with Gasteiger partial charge in [0.1, 0.15) is 0 Å². The molecule has 1 unspecified atom stereocenters. The first kappa shape index (κ1) is 13.3. The molecule has 0 aliphatic heterocycles. The molecule has 3 heteroatoms. The van der Waals surface area contributed by atoms with Gasteiger partial charge in [0.15, 0.2) is 5.82 Å². The van der Waals surface area contributed by atoms with Crippen LogP contribution >= 0.6 is 0 Å². The number of aryl methyl sites for hydroxylation is 3. The number of fused-ring (bicyclic) bond motifs is 1. The van der Waals surface area contributed by atoms with Gasteiger partial charge in [0, 0.05) is 17.0 Å². The maximum atomic E-state index is 5.80. The van der Waals surface area contributed by atoms with E-state index in [0.717, 1.165) is 42.9 Å². The predicted molar refractivity (Wildman–Crippen MR) is 81.5 cm³/mol. The molecule has 2 aromatic rings. The zero-order valence-electron chi connectivity index (χ0n) is 12.2. The number of nitrogens with two attached hydrogens (primary N) is 1. The molecule has 104 valence electrons. The summed E-state index contributed by atoms with van der Waals surface area (Å²) in [5, 5.41) is 0. The lowest BCUT2D eigenvalue weighted by molar-refractivity contribution is 0.460. The molecule has 0 fully saturated rings. The van der Waals surface area contributed by atoms with Crippen molar-refractivity contribution in [3.05, 3.63) is 46.8 Å². The average molecular weight is 267 g/mol. The number of hydrogen-bond acceptors (Lipinski definition) is 3. The maximum Gasteiger partial charge on any atom is 0.159 e. The quantitative estimate of drug-likeness (QED) is 0.910. The third-order valence-corrected chi connectivity index (χ3v) is 4.22. The summed E-state index contributed by atoms with van der Waals surface area (Å²) in [6.07, 6.45) is 3.21. The lowest BCUT2D eigenvalue weighted by Crippen LogP contribution is -2.24. The third-order valence-electron chi connectivity index (χ3n) is 4.22. The fourth-order valence-electron chi connectivity index (χ4n) is 2.89. The van der Waals surface area contributed by atoms with Gasteiger partial charge in [0.25, 0.3) is 0 Å². The summed E-state index contributed by atoms with van der Waals surface area (Å²) in [6.45, 7) is 4.95. The number of nitrogens with zero attached hydrogens (tertiary/aromatic N) is 2. The lowest BCUT2D eigenvalue weighted by atomic mass is 9.86. The SMILES string of the molecule is Cc1ccc(-c2nc(C)c3c(n2)CCC(CN)C3)cc1. The summed E-state index contributed by atoms with van der Waals surface area (Å²) in [7, 11) is 0. The summed E-state index contributed by atoms with van der Waals surface area (Å²) in [6, 6.07) is 8.42. The van der Waals surface area contributed by atoms with Crippen molar-refractivity contribution in [2.45, 2.75) is 33.1 Å². The Morgan fingerprint density at radius 2 is 1.90 bits per heavy atom. The van der Waals surface area contributed by atoms with Crippen LogP contribution in [0.2, 0.25) is 0 Å². The van der Waals surface area contributed by atoms with Crippen molar-refractivity contribution >= 4 is 0 Å². The molecule has 1 aromatic carbocycles. The number of hydrogen-bond donors (Lipinski definition) is 1. The molecule has 0 saturated carbocycles. The molecule has 0 bridgehead atoms. The molecule has 20 heavy (non-hydrogen) atoms. The van der Waals surface area contributed by atoms with Gasteiger partial charge < -0.3 is 5.73 Å². The number of benzene rings is 1. The van der Waals surface area contributed by atoms with Gasteiger partial charge in [-0.2, -0.15) is 0 Å². The van der Waals surface area contributed by atoms with Gasteiger partial charge in [-0.15, -0.1) is 0 Å². The van der Waals surface area contributed by atoms with Gasteiger partial charge in [-0.05, 0) is 51.1 Å². The highest BCUT2D eigenvalue weighted by atomic mass is 14.9. The standard InChI is InChI=1S/C17H21N3/c1-11-3-6-14(7-4-11)17-19-12(2)15-9-13(10-18)5-8-16(15)20-17/h3-4,6-7,13H,5,8-10,18H2,1-2H3. The molecule has 1 heterocycles. The normalized spacial score (nSPS) is 17.9. The van der Waals surface area contributed by atoms with Crippen molar-refractivity contribution in [3.8, 4) is 11.4 Å². The molecule has 0 radical (unpaired) electrons. The lowest BCUT2D eigenvalue weighted by Gasteiger charge is -2.24. The van der Waals surface area contributed by atoms with Gasteiger partial charge >= 0.3 is 0 Å². The number of aromatic nitrogens is 2. The highest BCUT2D eigenvalue weighted by Gasteiger charge is 2.21. The summed E-state index contributed by atoms with van der Waals surface area (Å²) < 4.78 is 0. The molecular weight excluding hydrogens is 246 g/mol. The molecule has 2 N–H and O–H groups in total. The Labute approximate surface area is 120 Å². The van der Waals surface area contributed by atoms with Gasteiger partial charge in [0.2, 0.25) is 0 Å². The van der Waals surface area contributed by atoms with Crippen LogP contribution in [0.15, 0.2) is 24.3 Å². The maximum absolute atomic E-state index is 5.80. The largest absolute Gasteiger partial charge is 0.330 e. The molecule has 1 atom stereocenters. The van der Waals surface area contributed by atoms with E-state index in [1.807, 2.05) is 0 Å². The summed E-state index contributed by atoms with van der Waals surface area (Å²) >= 11 is 0. The van der Waals surface area contributed by atoms with E-state index >= 15 is 0 Å². The molecule has 3 rings (SSSR count). The van der Waals surface area contributed by atoms with Crippen LogP contribution in [0.25, 0.3) is 11.4 Å². The third kappa shape index (κ3) is 2.46. The molecule has 3 nitrogen and oxygen atoms in total. The molecule has 1 aromatic heterocycles. The zero-order chi connectivity index (χ0) is 14.1. The zero-order valence-corrected chi connectivity index (χ0v) is 12.2. The molecular formula is C17H21N3. The minimum atomic E-state index is 0.593. The second-order valence-corrected chi connectivity index (χ2v) is 5.77. The van der Waals surface area contributed by atoms with E-state index in [9.17, 15) is 0 Å². The van der Waals surface area contributed by atoms with E-state index in [1.165, 1.54) is 16.8 Å². The summed E-state index contributed by atoms with van der Waals surface area (Å²) in [5.74, 6) is 1.45. The smallest absolute Gasteiger partial charge is 0.159 e. The van der Waals surface area contributed by atoms with E-state index in [1.54, 1.807) is 0 Å². The monoisotopic (exact) mass is 267 g/mol. The number of rotatable bonds is 2. The molecule has 1 aliphatic carbocycles. The van der Waals surface area contributed by atoms with Crippen molar-refractivity contribution in [2.24, 2.45) is 11.7 Å². The van der Waals surface area contributed by atoms with Crippen LogP contribution in [0.5, 0.6) is 0 Å². The summed E-state index contributed by atoms with van der Waals surface area (Å²) in [5.41, 5.74) is 11.8. The van der Waals surface area contributed by atoms with E-state index < -0.39 is 0 Å². The van der Waals surface area contributed by atoms with E-state index in [2.05, 4.69) is 38.1 Å². The van der Waals surface area contributed by atoms with Crippen LogP contribution in [0, 0.1) is 19.8 Å². The average Bonchev–Trinajstić information content (AvgIpc) is 2.47. The first-order valence-corrected chi connectivity index (χ1v) is 7.31. The van der Waals surface area contributed by atoms with Crippen LogP contribution in [-0.4, -0.2) is 16.5 Å². The van der Waals surface area contributed by atoms with Gasteiger partial charge in [-0.3, -0.25) is 0 Å². The first-order chi connectivity index (χ1) is 9.67. The van der Waals surface area contributed by atoms with Crippen LogP contribution in [0.1, 0.15) is 28.9 Å². The van der Waals surface area contributed by atoms with Crippen molar-refractivity contribution in [2.75, 3.05) is 6.54 Å². The van der Waals surface area contributed by atoms with Crippen molar-refractivity contribution < 1.29 is 0 Å². The van der Waals surface area contributed by atoms with Crippen LogP contribution < -0.4 is 5.73 Å². The molecule has 0 saturated heterocycles. The fourth-order valence-corrected chi connectivity index (χ4v) is 2.89. The first-order valence-electron chi connectivity index (χ1n) is 7.31. The van der Waals surface area contributed by atoms with Crippen LogP contribution in [0.4, 0.5) is 0 Å². The second-order valence-electron chi connectivity index (χ2n) is 5.77. The van der Waals surface area contributed by atoms with E-state index in [0.29, 0.717) is 5.92 Å². The molecule has 0 spiro atoms. The van der Waals surface area contributed by atoms with Crippen LogP contribution in [0.3, 0.4) is 0 Å². The van der Waals surface area contributed by atoms with Gasteiger partial charge in [-0.25, -0.2) is 9.97 Å². The van der Waals surface area contributed by atoms with Gasteiger partial charge in [0.05, 0.1) is 0 Å². The topological polar surface area (TPSA) is 51.8 Å². The summed E-state index contributed by atoms with van der Waals surface area (Å²) in [4.78, 5) is 9.49. The van der Waals surface area contributed by atoms with Crippen molar-refractivity contribution in [3.63, 3.8) is 0 Å². The Morgan fingerprint density at radius 3 is 2.60 bits per heavy atom. The fraction of sp³-hybridized carbons (Fsp3) is 0.412. The minimum absolute atomic E-state index is 0.593.